The molecule has 2 aliphatic rings. The number of esters is 1. The SMILES string of the molecule is COc1cc([C@@H]2Nc3ccc4ncccc4c3C3=C2C(=O)CC(C)(C)C3)ccc1OC(C)=O. The van der Waals surface area contributed by atoms with Gasteiger partial charge in [0.1, 0.15) is 0 Å². The van der Waals surface area contributed by atoms with E-state index in [0.717, 1.165) is 45.3 Å². The van der Waals surface area contributed by atoms with Crippen LogP contribution in [0.4, 0.5) is 5.69 Å². The van der Waals surface area contributed by atoms with Crippen LogP contribution in [0, 0.1) is 5.41 Å². The molecule has 1 atom stereocenters. The van der Waals surface area contributed by atoms with Crippen molar-refractivity contribution in [3.63, 3.8) is 0 Å². The molecule has 0 saturated heterocycles. The number of nitrogens with zero attached hydrogens (tertiary/aromatic N) is 1. The number of hydrogen-bond donors (Lipinski definition) is 1. The first-order valence-electron chi connectivity index (χ1n) is 11.0. The van der Waals surface area contributed by atoms with Crippen molar-refractivity contribution in [3.8, 4) is 11.5 Å². The van der Waals surface area contributed by atoms with Crippen LogP contribution in [0.3, 0.4) is 0 Å². The van der Waals surface area contributed by atoms with E-state index in [9.17, 15) is 9.59 Å². The fourth-order valence-corrected chi connectivity index (χ4v) is 5.07. The second-order valence-electron chi connectivity index (χ2n) is 9.47. The number of anilines is 1. The lowest BCUT2D eigenvalue weighted by Crippen LogP contribution is -2.33. The highest BCUT2D eigenvalue weighted by atomic mass is 16.6. The standard InChI is InChI=1S/C27H26N2O4/c1-15(30)33-22-10-7-16(12-23(22)32-4)26-25-18(13-27(2,3)14-21(25)31)24-17-6-5-11-28-19(17)8-9-20(24)29-26/h5-12,26,29H,13-14H2,1-4H3/t26-/m0/s1. The molecular formula is C27H26N2O4. The molecule has 6 heteroatoms. The highest BCUT2D eigenvalue weighted by molar-refractivity contribution is 6.12. The van der Waals surface area contributed by atoms with E-state index in [1.165, 1.54) is 14.0 Å². The maximum atomic E-state index is 13.5. The second kappa shape index (κ2) is 7.73. The summed E-state index contributed by atoms with van der Waals surface area (Å²) in [6.45, 7) is 5.64. The number of carbonyl (C=O) groups is 2. The zero-order valence-electron chi connectivity index (χ0n) is 19.2. The minimum absolute atomic E-state index is 0.129. The van der Waals surface area contributed by atoms with Crippen LogP contribution in [0.2, 0.25) is 0 Å². The first kappa shape index (κ1) is 21.2. The van der Waals surface area contributed by atoms with Gasteiger partial charge < -0.3 is 14.8 Å². The number of ketones is 1. The van der Waals surface area contributed by atoms with Gasteiger partial charge in [-0.2, -0.15) is 0 Å². The molecule has 0 spiro atoms. The Labute approximate surface area is 192 Å². The number of aromatic nitrogens is 1. The summed E-state index contributed by atoms with van der Waals surface area (Å²) in [4.78, 5) is 29.5. The Morgan fingerprint density at radius 3 is 2.70 bits per heavy atom. The van der Waals surface area contributed by atoms with E-state index in [4.69, 9.17) is 9.47 Å². The molecule has 168 valence electrons. The molecule has 0 saturated carbocycles. The van der Waals surface area contributed by atoms with E-state index < -0.39 is 5.97 Å². The lowest BCUT2D eigenvalue weighted by atomic mass is 9.68. The number of ether oxygens (including phenoxy) is 2. The zero-order chi connectivity index (χ0) is 23.3. The van der Waals surface area contributed by atoms with E-state index in [-0.39, 0.29) is 17.2 Å². The van der Waals surface area contributed by atoms with Crippen molar-refractivity contribution in [2.75, 3.05) is 12.4 Å². The van der Waals surface area contributed by atoms with Crippen molar-refractivity contribution >= 4 is 33.9 Å². The molecule has 1 aliphatic heterocycles. The summed E-state index contributed by atoms with van der Waals surface area (Å²) >= 11 is 0. The fourth-order valence-electron chi connectivity index (χ4n) is 5.07. The minimum atomic E-state index is -0.416. The quantitative estimate of drug-likeness (QED) is 0.428. The molecule has 0 unspecified atom stereocenters. The number of hydrogen-bond acceptors (Lipinski definition) is 6. The van der Waals surface area contributed by atoms with Crippen molar-refractivity contribution < 1.29 is 19.1 Å². The number of Topliss-reactive ketones (excluding diaryl/α,β-unsaturated/α-hetero) is 1. The minimum Gasteiger partial charge on any atom is -0.493 e. The predicted octanol–water partition coefficient (Wildman–Crippen LogP) is 5.48. The Bertz CT molecular complexity index is 1340. The number of fused-ring (bicyclic) bond motifs is 4. The smallest absolute Gasteiger partial charge is 0.308 e. The Hall–Kier alpha value is -3.67. The van der Waals surface area contributed by atoms with Gasteiger partial charge in [0, 0.05) is 41.8 Å². The van der Waals surface area contributed by atoms with Crippen LogP contribution in [-0.2, 0) is 9.59 Å². The first-order chi connectivity index (χ1) is 15.8. The molecule has 2 heterocycles. The summed E-state index contributed by atoms with van der Waals surface area (Å²) < 4.78 is 10.8. The van der Waals surface area contributed by atoms with Gasteiger partial charge >= 0.3 is 5.97 Å². The highest BCUT2D eigenvalue weighted by Gasteiger charge is 2.41. The summed E-state index contributed by atoms with van der Waals surface area (Å²) in [6, 6.07) is 13.1. The third-order valence-corrected chi connectivity index (χ3v) is 6.37. The normalized spacial score (nSPS) is 18.9. The van der Waals surface area contributed by atoms with Gasteiger partial charge in [0.05, 0.1) is 18.7 Å². The van der Waals surface area contributed by atoms with Crippen LogP contribution in [-0.4, -0.2) is 23.8 Å². The topological polar surface area (TPSA) is 77.5 Å². The molecule has 1 N–H and O–H groups in total. The molecule has 3 aromatic rings. The average Bonchev–Trinajstić information content (AvgIpc) is 2.77. The third kappa shape index (κ3) is 3.65. The van der Waals surface area contributed by atoms with Crippen LogP contribution in [0.15, 0.2) is 54.2 Å². The largest absolute Gasteiger partial charge is 0.493 e. The molecule has 1 aliphatic carbocycles. The van der Waals surface area contributed by atoms with Gasteiger partial charge in [0.2, 0.25) is 0 Å². The summed E-state index contributed by atoms with van der Waals surface area (Å²) in [6.07, 6.45) is 3.08. The van der Waals surface area contributed by atoms with Gasteiger partial charge in [0.15, 0.2) is 17.3 Å². The Morgan fingerprint density at radius 2 is 1.94 bits per heavy atom. The Kier molecular flexibility index (Phi) is 4.96. The van der Waals surface area contributed by atoms with Crippen molar-refractivity contribution in [2.45, 2.75) is 39.7 Å². The van der Waals surface area contributed by atoms with E-state index >= 15 is 0 Å². The predicted molar refractivity (Wildman–Crippen MR) is 127 cm³/mol. The number of pyridine rings is 1. The Morgan fingerprint density at radius 1 is 1.12 bits per heavy atom. The molecule has 1 aromatic heterocycles. The first-order valence-corrected chi connectivity index (χ1v) is 11.0. The van der Waals surface area contributed by atoms with Gasteiger partial charge in [-0.1, -0.05) is 26.0 Å². The molecule has 0 amide bonds. The van der Waals surface area contributed by atoms with E-state index in [0.29, 0.717) is 17.9 Å². The number of rotatable bonds is 3. The van der Waals surface area contributed by atoms with Crippen LogP contribution >= 0.6 is 0 Å². The lowest BCUT2D eigenvalue weighted by Gasteiger charge is -2.40. The molecular weight excluding hydrogens is 416 g/mol. The molecule has 2 aromatic carbocycles. The van der Waals surface area contributed by atoms with E-state index in [1.807, 2.05) is 30.3 Å². The third-order valence-electron chi connectivity index (χ3n) is 6.37. The number of allylic oxidation sites excluding steroid dienone is 1. The van der Waals surface area contributed by atoms with Crippen molar-refractivity contribution in [1.29, 1.82) is 0 Å². The van der Waals surface area contributed by atoms with Crippen LogP contribution < -0.4 is 14.8 Å². The number of methoxy groups -OCH3 is 1. The van der Waals surface area contributed by atoms with Gasteiger partial charge in [-0.15, -0.1) is 0 Å². The molecule has 33 heavy (non-hydrogen) atoms. The maximum absolute atomic E-state index is 13.5. The van der Waals surface area contributed by atoms with E-state index in [2.05, 4.69) is 30.2 Å². The fraction of sp³-hybridized carbons (Fsp3) is 0.296. The monoisotopic (exact) mass is 442 g/mol. The van der Waals surface area contributed by atoms with Gasteiger partial charge in [-0.3, -0.25) is 14.6 Å². The number of carbonyl (C=O) groups excluding carboxylic acids is 2. The molecule has 0 bridgehead atoms. The number of nitrogens with one attached hydrogen (secondary N) is 1. The summed E-state index contributed by atoms with van der Waals surface area (Å²) in [5.74, 6) is 0.533. The summed E-state index contributed by atoms with van der Waals surface area (Å²) in [5.41, 5.74) is 5.57. The zero-order valence-corrected chi connectivity index (χ0v) is 19.2. The van der Waals surface area contributed by atoms with Crippen molar-refractivity contribution in [2.24, 2.45) is 5.41 Å². The summed E-state index contributed by atoms with van der Waals surface area (Å²) in [7, 11) is 1.54. The van der Waals surface area contributed by atoms with E-state index in [1.54, 1.807) is 12.3 Å². The van der Waals surface area contributed by atoms with Crippen LogP contribution in [0.1, 0.15) is 50.8 Å². The van der Waals surface area contributed by atoms with Gasteiger partial charge in [0.25, 0.3) is 0 Å². The molecule has 0 radical (unpaired) electrons. The highest BCUT2D eigenvalue weighted by Crippen LogP contribution is 2.52. The van der Waals surface area contributed by atoms with Crippen molar-refractivity contribution in [3.05, 3.63) is 65.4 Å². The maximum Gasteiger partial charge on any atom is 0.308 e. The Balaban J connectivity index is 1.71. The average molecular weight is 443 g/mol. The van der Waals surface area contributed by atoms with Gasteiger partial charge in [-0.25, -0.2) is 0 Å². The second-order valence-corrected chi connectivity index (χ2v) is 9.47. The molecule has 0 fully saturated rings. The van der Waals surface area contributed by atoms with Crippen LogP contribution in [0.25, 0.3) is 16.5 Å². The molecule has 5 rings (SSSR count). The lowest BCUT2D eigenvalue weighted by molar-refractivity contribution is -0.132. The number of benzene rings is 2. The molecule has 6 nitrogen and oxygen atoms in total. The van der Waals surface area contributed by atoms with Crippen LogP contribution in [0.5, 0.6) is 11.5 Å². The summed E-state index contributed by atoms with van der Waals surface area (Å²) in [5, 5.41) is 4.65. The van der Waals surface area contributed by atoms with Gasteiger partial charge in [-0.05, 0) is 53.3 Å². The van der Waals surface area contributed by atoms with Crippen molar-refractivity contribution in [1.82, 2.24) is 4.98 Å².